The van der Waals surface area contributed by atoms with Crippen LogP contribution in [0.25, 0.3) is 0 Å². The highest BCUT2D eigenvalue weighted by Gasteiger charge is 2.38. The van der Waals surface area contributed by atoms with E-state index in [1.807, 2.05) is 0 Å². The van der Waals surface area contributed by atoms with Gasteiger partial charge in [-0.15, -0.1) is 0 Å². The summed E-state index contributed by atoms with van der Waals surface area (Å²) < 4.78 is 0. The molecule has 2 N–H and O–H groups in total. The van der Waals surface area contributed by atoms with Crippen molar-refractivity contribution < 1.29 is 24.3 Å². The summed E-state index contributed by atoms with van der Waals surface area (Å²) >= 11 is 0. The lowest BCUT2D eigenvalue weighted by Crippen LogP contribution is -2.62. The average Bonchev–Trinajstić information content (AvgIpc) is 2.43. The van der Waals surface area contributed by atoms with Crippen LogP contribution in [0.3, 0.4) is 0 Å². The van der Waals surface area contributed by atoms with Crippen LogP contribution in [0.4, 0.5) is 4.79 Å². The second kappa shape index (κ2) is 5.98. The highest BCUT2D eigenvalue weighted by atomic mass is 16.4. The Balaban J connectivity index is 2.10. The van der Waals surface area contributed by atoms with Gasteiger partial charge in [0.05, 0.1) is 6.42 Å². The van der Waals surface area contributed by atoms with E-state index >= 15 is 0 Å². The van der Waals surface area contributed by atoms with E-state index in [-0.39, 0.29) is 25.5 Å². The monoisotopic (exact) mass is 298 g/mol. The number of nitrogens with zero attached hydrogens (tertiary/aromatic N) is 3. The Hall–Kier alpha value is -2.32. The number of hydrogen-bond donors (Lipinski definition) is 2. The first-order valence-corrected chi connectivity index (χ1v) is 6.69. The largest absolute Gasteiger partial charge is 0.481 e. The zero-order valence-electron chi connectivity index (χ0n) is 11.7. The van der Waals surface area contributed by atoms with Gasteiger partial charge in [0.15, 0.2) is 0 Å². The molecular formula is C12H18N4O5. The molecule has 0 aliphatic carbocycles. The molecule has 0 aromatic carbocycles. The Morgan fingerprint density at radius 2 is 2.00 bits per heavy atom. The third-order valence-electron chi connectivity index (χ3n) is 3.67. The molecule has 9 nitrogen and oxygen atoms in total. The van der Waals surface area contributed by atoms with Crippen LogP contribution in [0.2, 0.25) is 0 Å². The SMILES string of the molecule is CN1CCN(C(=O)N2CCNC(=O)C2CC(=O)O)CC1=O. The van der Waals surface area contributed by atoms with Crippen molar-refractivity contribution in [1.29, 1.82) is 0 Å². The van der Waals surface area contributed by atoms with Crippen molar-refractivity contribution in [2.45, 2.75) is 12.5 Å². The van der Waals surface area contributed by atoms with Crippen LogP contribution in [-0.2, 0) is 14.4 Å². The molecule has 4 amide bonds. The Morgan fingerprint density at radius 1 is 1.29 bits per heavy atom. The number of piperazine rings is 2. The summed E-state index contributed by atoms with van der Waals surface area (Å²) in [5.74, 6) is -1.80. The van der Waals surface area contributed by atoms with Gasteiger partial charge < -0.3 is 25.1 Å². The van der Waals surface area contributed by atoms with E-state index < -0.39 is 30.4 Å². The van der Waals surface area contributed by atoms with Gasteiger partial charge >= 0.3 is 12.0 Å². The summed E-state index contributed by atoms with van der Waals surface area (Å²) in [7, 11) is 1.66. The number of carbonyl (C=O) groups is 4. The number of aliphatic carboxylic acids is 1. The molecule has 1 atom stereocenters. The molecule has 21 heavy (non-hydrogen) atoms. The third-order valence-corrected chi connectivity index (χ3v) is 3.67. The summed E-state index contributed by atoms with van der Waals surface area (Å²) in [6, 6.07) is -1.49. The third kappa shape index (κ3) is 3.23. The van der Waals surface area contributed by atoms with E-state index in [0.717, 1.165) is 0 Å². The van der Waals surface area contributed by atoms with E-state index in [9.17, 15) is 19.2 Å². The summed E-state index contributed by atoms with van der Waals surface area (Å²) in [5.41, 5.74) is 0. The minimum absolute atomic E-state index is 0.0484. The summed E-state index contributed by atoms with van der Waals surface area (Å²) in [6.07, 6.45) is -0.445. The molecule has 2 fully saturated rings. The Labute approximate surface area is 121 Å². The van der Waals surface area contributed by atoms with Crippen LogP contribution in [0, 0.1) is 0 Å². The smallest absolute Gasteiger partial charge is 0.321 e. The van der Waals surface area contributed by atoms with Gasteiger partial charge in [0.1, 0.15) is 12.6 Å². The highest BCUT2D eigenvalue weighted by Crippen LogP contribution is 2.14. The summed E-state index contributed by atoms with van der Waals surface area (Å²) in [5, 5.41) is 11.4. The van der Waals surface area contributed by atoms with Crippen LogP contribution in [0.5, 0.6) is 0 Å². The molecule has 2 saturated heterocycles. The first-order chi connectivity index (χ1) is 9.90. The maximum Gasteiger partial charge on any atom is 0.321 e. The van der Waals surface area contributed by atoms with Crippen LogP contribution in [0.1, 0.15) is 6.42 Å². The van der Waals surface area contributed by atoms with Crippen molar-refractivity contribution in [3.05, 3.63) is 0 Å². The molecule has 0 aromatic rings. The zero-order chi connectivity index (χ0) is 15.6. The minimum atomic E-state index is -1.15. The molecule has 0 aromatic heterocycles. The standard InChI is InChI=1S/C12H18N4O5/c1-14-4-5-15(7-9(14)17)12(21)16-3-2-13-11(20)8(16)6-10(18)19/h8H,2-7H2,1H3,(H,13,20)(H,18,19). The molecule has 116 valence electrons. The fraction of sp³-hybridized carbons (Fsp3) is 0.667. The Morgan fingerprint density at radius 3 is 2.62 bits per heavy atom. The van der Waals surface area contributed by atoms with Gasteiger partial charge in [0, 0.05) is 33.2 Å². The van der Waals surface area contributed by atoms with Crippen LogP contribution in [0.15, 0.2) is 0 Å². The first-order valence-electron chi connectivity index (χ1n) is 6.69. The van der Waals surface area contributed by atoms with Crippen molar-refractivity contribution >= 4 is 23.8 Å². The van der Waals surface area contributed by atoms with Gasteiger partial charge in [-0.1, -0.05) is 0 Å². The number of carboxylic acid groups (broad SMARTS) is 1. The van der Waals surface area contributed by atoms with Crippen LogP contribution >= 0.6 is 0 Å². The molecule has 2 aliphatic rings. The normalized spacial score (nSPS) is 23.1. The molecular weight excluding hydrogens is 280 g/mol. The van der Waals surface area contributed by atoms with Gasteiger partial charge in [-0.25, -0.2) is 4.79 Å². The van der Waals surface area contributed by atoms with E-state index in [4.69, 9.17) is 5.11 Å². The number of hydrogen-bond acceptors (Lipinski definition) is 4. The molecule has 1 unspecified atom stereocenters. The van der Waals surface area contributed by atoms with Crippen molar-refractivity contribution in [1.82, 2.24) is 20.0 Å². The predicted octanol–water partition coefficient (Wildman–Crippen LogP) is -1.84. The fourth-order valence-corrected chi connectivity index (χ4v) is 2.42. The minimum Gasteiger partial charge on any atom is -0.481 e. The molecule has 2 aliphatic heterocycles. The number of urea groups is 1. The van der Waals surface area contributed by atoms with Crippen molar-refractivity contribution in [2.24, 2.45) is 0 Å². The van der Waals surface area contributed by atoms with Gasteiger partial charge in [-0.05, 0) is 0 Å². The van der Waals surface area contributed by atoms with E-state index in [1.54, 1.807) is 7.05 Å². The summed E-state index contributed by atoms with van der Waals surface area (Å²) in [4.78, 5) is 50.9. The van der Waals surface area contributed by atoms with Crippen molar-refractivity contribution in [2.75, 3.05) is 39.8 Å². The second-order valence-corrected chi connectivity index (χ2v) is 5.12. The molecule has 9 heteroatoms. The number of carboxylic acids is 1. The zero-order valence-corrected chi connectivity index (χ0v) is 11.7. The number of carbonyl (C=O) groups excluding carboxylic acids is 3. The van der Waals surface area contributed by atoms with E-state index in [2.05, 4.69) is 5.32 Å². The first kappa shape index (κ1) is 15.1. The Bertz CT molecular complexity index is 480. The van der Waals surface area contributed by atoms with Gasteiger partial charge in [0.25, 0.3) is 0 Å². The number of nitrogens with one attached hydrogen (secondary N) is 1. The number of rotatable bonds is 2. The maximum atomic E-state index is 12.5. The van der Waals surface area contributed by atoms with Crippen molar-refractivity contribution in [3.63, 3.8) is 0 Å². The van der Waals surface area contributed by atoms with Gasteiger partial charge in [-0.2, -0.15) is 0 Å². The molecule has 0 spiro atoms. The second-order valence-electron chi connectivity index (χ2n) is 5.12. The lowest BCUT2D eigenvalue weighted by molar-refractivity contribution is -0.142. The maximum absolute atomic E-state index is 12.5. The van der Waals surface area contributed by atoms with Crippen molar-refractivity contribution in [3.8, 4) is 0 Å². The van der Waals surface area contributed by atoms with Gasteiger partial charge in [-0.3, -0.25) is 14.4 Å². The molecule has 0 saturated carbocycles. The highest BCUT2D eigenvalue weighted by molar-refractivity contribution is 5.92. The van der Waals surface area contributed by atoms with Gasteiger partial charge in [0.2, 0.25) is 11.8 Å². The van der Waals surface area contributed by atoms with E-state index in [0.29, 0.717) is 13.1 Å². The Kier molecular flexibility index (Phi) is 4.29. The lowest BCUT2D eigenvalue weighted by Gasteiger charge is -2.40. The molecule has 2 heterocycles. The lowest BCUT2D eigenvalue weighted by atomic mass is 10.1. The molecule has 0 radical (unpaired) electrons. The van der Waals surface area contributed by atoms with E-state index in [1.165, 1.54) is 14.7 Å². The predicted molar refractivity (Wildman–Crippen MR) is 70.4 cm³/mol. The summed E-state index contributed by atoms with van der Waals surface area (Å²) in [6.45, 7) is 1.27. The average molecular weight is 298 g/mol. The van der Waals surface area contributed by atoms with Crippen LogP contribution < -0.4 is 5.32 Å². The quantitative estimate of drug-likeness (QED) is 0.622. The topological polar surface area (TPSA) is 110 Å². The molecule has 2 rings (SSSR count). The fourth-order valence-electron chi connectivity index (χ4n) is 2.42. The number of amides is 4. The van der Waals surface area contributed by atoms with Crippen LogP contribution in [-0.4, -0.2) is 89.4 Å². The number of likely N-dealkylation sites (N-methyl/N-ethyl adjacent to an activating group) is 1. The molecule has 0 bridgehead atoms.